The van der Waals surface area contributed by atoms with Gasteiger partial charge in [-0.05, 0) is 24.5 Å². The van der Waals surface area contributed by atoms with Gasteiger partial charge in [-0.1, -0.05) is 32.0 Å². The molecule has 3 atom stereocenters. The summed E-state index contributed by atoms with van der Waals surface area (Å²) >= 11 is 0. The molecule has 0 spiro atoms. The number of esters is 1. The summed E-state index contributed by atoms with van der Waals surface area (Å²) in [6.45, 7) is 3.56. The number of benzene rings is 1. The summed E-state index contributed by atoms with van der Waals surface area (Å²) in [4.78, 5) is 27.2. The van der Waals surface area contributed by atoms with Gasteiger partial charge in [-0.3, -0.25) is 14.1 Å². The molecule has 1 aromatic heterocycles. The van der Waals surface area contributed by atoms with Crippen molar-refractivity contribution in [2.24, 2.45) is 11.7 Å². The lowest BCUT2D eigenvalue weighted by Gasteiger charge is -2.27. The van der Waals surface area contributed by atoms with E-state index in [1.165, 1.54) is 25.1 Å². The van der Waals surface area contributed by atoms with E-state index in [2.05, 4.69) is 10.1 Å². The average Bonchev–Trinajstić information content (AvgIpc) is 3.18. The van der Waals surface area contributed by atoms with Crippen LogP contribution in [-0.2, 0) is 29.9 Å². The molecule has 0 aliphatic rings. The van der Waals surface area contributed by atoms with Crippen molar-refractivity contribution in [1.82, 2.24) is 14.6 Å². The fourth-order valence-corrected chi connectivity index (χ4v) is 4.61. The largest absolute Gasteiger partial charge is 0.493 e. The van der Waals surface area contributed by atoms with E-state index in [4.69, 9.17) is 24.3 Å². The van der Waals surface area contributed by atoms with Gasteiger partial charge in [0.25, 0.3) is 5.91 Å². The van der Waals surface area contributed by atoms with E-state index in [9.17, 15) is 19.3 Å². The normalized spacial score (nSPS) is 14.9. The van der Waals surface area contributed by atoms with Crippen molar-refractivity contribution in [3.8, 4) is 11.6 Å². The second kappa shape index (κ2) is 12.5. The predicted molar refractivity (Wildman–Crippen MR) is 122 cm³/mol. The molecule has 0 bridgehead atoms. The van der Waals surface area contributed by atoms with Crippen molar-refractivity contribution in [3.63, 3.8) is 0 Å². The maximum absolute atomic E-state index is 13.6. The van der Waals surface area contributed by atoms with Crippen LogP contribution >= 0.6 is 7.75 Å². The van der Waals surface area contributed by atoms with E-state index in [0.29, 0.717) is 6.42 Å². The number of hydrogen-bond acceptors (Lipinski definition) is 9. The van der Waals surface area contributed by atoms with Crippen LogP contribution in [0.15, 0.2) is 36.7 Å². The highest BCUT2D eigenvalue weighted by Gasteiger charge is 2.36. The van der Waals surface area contributed by atoms with E-state index < -0.39 is 31.8 Å². The maximum Gasteiger partial charge on any atom is 0.459 e. The Kier molecular flexibility index (Phi) is 10.1. The van der Waals surface area contributed by atoms with Gasteiger partial charge < -0.3 is 29.4 Å². The number of rotatable bonds is 14. The molecular formula is C21H31N4O8P. The predicted octanol–water partition coefficient (Wildman–Crippen LogP) is 2.08. The first-order valence-electron chi connectivity index (χ1n) is 10.5. The second-order valence-electron chi connectivity index (χ2n) is 7.69. The van der Waals surface area contributed by atoms with Crippen LogP contribution in [0.25, 0.3) is 0 Å². The van der Waals surface area contributed by atoms with E-state index in [1.807, 2.05) is 0 Å². The lowest BCUT2D eigenvalue weighted by Crippen LogP contribution is -2.41. The minimum atomic E-state index is -4.06. The molecule has 4 N–H and O–H groups in total. The highest BCUT2D eigenvalue weighted by atomic mass is 31.2. The summed E-state index contributed by atoms with van der Waals surface area (Å²) in [7, 11) is -1.38. The number of hydrogen-bond donors (Lipinski definition) is 3. The lowest BCUT2D eigenvalue weighted by molar-refractivity contribution is -0.143. The molecule has 0 aliphatic heterocycles. The first-order valence-corrected chi connectivity index (χ1v) is 12.1. The van der Waals surface area contributed by atoms with Crippen molar-refractivity contribution in [2.75, 3.05) is 20.8 Å². The minimum absolute atomic E-state index is 0.169. The lowest BCUT2D eigenvalue weighted by atomic mass is 10.1. The zero-order valence-corrected chi connectivity index (χ0v) is 20.4. The van der Waals surface area contributed by atoms with Gasteiger partial charge in [0, 0.05) is 13.7 Å². The van der Waals surface area contributed by atoms with E-state index in [1.54, 1.807) is 44.2 Å². The van der Waals surface area contributed by atoms with E-state index in [-0.39, 0.29) is 36.4 Å². The van der Waals surface area contributed by atoms with Crippen LogP contribution in [0, 0.1) is 5.92 Å². The number of methoxy groups -OCH3 is 2. The topological polar surface area (TPSA) is 164 Å². The fraction of sp³-hybridized carbons (Fsp3) is 0.476. The van der Waals surface area contributed by atoms with Gasteiger partial charge in [-0.25, -0.2) is 9.55 Å². The number of carbonyl (C=O) groups is 2. The Hall–Kier alpha value is -2.92. The maximum atomic E-state index is 13.6. The quantitative estimate of drug-likeness (QED) is 0.259. The van der Waals surface area contributed by atoms with Crippen LogP contribution < -0.4 is 15.3 Å². The summed E-state index contributed by atoms with van der Waals surface area (Å²) in [5.74, 6) is -1.81. The Morgan fingerprint density at radius 1 is 1.24 bits per heavy atom. The molecule has 12 nitrogen and oxygen atoms in total. The smallest absolute Gasteiger partial charge is 0.459 e. The Labute approximate surface area is 197 Å². The molecule has 1 amide bonds. The third kappa shape index (κ3) is 7.56. The molecular weight excluding hydrogens is 467 g/mol. The monoisotopic (exact) mass is 498 g/mol. The number of aromatic nitrogens is 2. The Morgan fingerprint density at radius 2 is 1.91 bits per heavy atom. The highest BCUT2D eigenvalue weighted by molar-refractivity contribution is 7.52. The van der Waals surface area contributed by atoms with Crippen LogP contribution in [-0.4, -0.2) is 59.5 Å². The van der Waals surface area contributed by atoms with E-state index in [0.717, 1.165) is 0 Å². The number of nitrogens with zero attached hydrogens (tertiary/aromatic N) is 2. The second-order valence-corrected chi connectivity index (χ2v) is 9.39. The molecule has 2 aromatic rings. The van der Waals surface area contributed by atoms with Crippen LogP contribution in [0.2, 0.25) is 0 Å². The zero-order valence-electron chi connectivity index (χ0n) is 19.5. The van der Waals surface area contributed by atoms with Gasteiger partial charge in [0.15, 0.2) is 5.69 Å². The number of nitrogens with two attached hydrogens (primary N) is 1. The van der Waals surface area contributed by atoms with Crippen LogP contribution in [0.3, 0.4) is 0 Å². The molecule has 1 heterocycles. The number of ether oxygens (including phenoxy) is 2. The number of primary amides is 1. The van der Waals surface area contributed by atoms with Crippen LogP contribution in [0.4, 0.5) is 0 Å². The van der Waals surface area contributed by atoms with Crippen molar-refractivity contribution < 1.29 is 37.8 Å². The SMILES string of the molecule is COC(=O)C(NP(=O)(OCC(CCn1cnc(C(N)=O)c1O)OC)Oc1ccccc1)C(C)C. The Bertz CT molecular complexity index is 998. The molecule has 2 rings (SSSR count). The third-order valence-corrected chi connectivity index (χ3v) is 6.42. The van der Waals surface area contributed by atoms with Crippen molar-refractivity contribution >= 4 is 19.6 Å². The average molecular weight is 498 g/mol. The number of imidazole rings is 1. The number of amides is 1. The summed E-state index contributed by atoms with van der Waals surface area (Å²) in [6, 6.07) is 7.44. The van der Waals surface area contributed by atoms with Gasteiger partial charge >= 0.3 is 13.7 Å². The van der Waals surface area contributed by atoms with Crippen LogP contribution in [0.5, 0.6) is 11.6 Å². The van der Waals surface area contributed by atoms with Crippen molar-refractivity contribution in [1.29, 1.82) is 0 Å². The van der Waals surface area contributed by atoms with Crippen molar-refractivity contribution in [2.45, 2.75) is 39.0 Å². The summed E-state index contributed by atoms with van der Waals surface area (Å²) in [5, 5.41) is 12.7. The summed E-state index contributed by atoms with van der Waals surface area (Å²) < 4.78 is 36.5. The third-order valence-electron chi connectivity index (χ3n) is 4.89. The molecule has 3 unspecified atom stereocenters. The van der Waals surface area contributed by atoms with Gasteiger partial charge in [0.1, 0.15) is 11.8 Å². The number of aryl methyl sites for hydroxylation is 1. The van der Waals surface area contributed by atoms with Gasteiger partial charge in [-0.15, -0.1) is 0 Å². The van der Waals surface area contributed by atoms with Gasteiger partial charge in [0.05, 0.1) is 26.1 Å². The molecule has 13 heteroatoms. The molecule has 188 valence electrons. The van der Waals surface area contributed by atoms with Crippen LogP contribution in [0.1, 0.15) is 30.8 Å². The Morgan fingerprint density at radius 3 is 2.44 bits per heavy atom. The molecule has 0 saturated heterocycles. The molecule has 0 radical (unpaired) electrons. The first-order chi connectivity index (χ1) is 16.1. The van der Waals surface area contributed by atoms with Crippen molar-refractivity contribution in [3.05, 3.63) is 42.4 Å². The zero-order chi connectivity index (χ0) is 25.3. The summed E-state index contributed by atoms with van der Waals surface area (Å²) in [6.07, 6.45) is 0.996. The standard InChI is InChI=1S/C21H31N4O8P/c1-14(2)17(21(28)31-4)24-34(29,33-15-8-6-5-7-9-15)32-12-16(30-3)10-11-25-13-23-18(19(22)26)20(25)27/h5-9,13-14,16-17,27H,10-12H2,1-4H3,(H2,22,26)(H,24,29). The number of nitrogens with one attached hydrogen (secondary N) is 1. The Balaban J connectivity index is 2.13. The molecule has 0 saturated carbocycles. The molecule has 34 heavy (non-hydrogen) atoms. The number of aromatic hydroxyl groups is 1. The molecule has 0 fully saturated rings. The highest BCUT2D eigenvalue weighted by Crippen LogP contribution is 2.45. The first kappa shape index (κ1) is 27.3. The fourth-order valence-electron chi connectivity index (χ4n) is 2.93. The summed E-state index contributed by atoms with van der Waals surface area (Å²) in [5.41, 5.74) is 4.92. The van der Waals surface area contributed by atoms with Gasteiger partial charge in [-0.2, -0.15) is 5.09 Å². The van der Waals surface area contributed by atoms with Gasteiger partial charge in [0.2, 0.25) is 5.88 Å². The molecule has 0 aliphatic carbocycles. The van der Waals surface area contributed by atoms with E-state index >= 15 is 0 Å². The number of carbonyl (C=O) groups excluding carboxylic acids is 2. The number of para-hydroxylation sites is 1. The minimum Gasteiger partial charge on any atom is -0.493 e. The molecule has 1 aromatic carbocycles.